The Morgan fingerprint density at radius 2 is 2.50 bits per heavy atom. The van der Waals surface area contributed by atoms with Gasteiger partial charge in [-0.1, -0.05) is 0 Å². The van der Waals surface area contributed by atoms with Gasteiger partial charge in [0.1, 0.15) is 0 Å². The Balaban J connectivity index is 1.96. The van der Waals surface area contributed by atoms with Crippen molar-refractivity contribution >= 4 is 11.3 Å². The van der Waals surface area contributed by atoms with Crippen molar-refractivity contribution in [2.24, 2.45) is 5.73 Å². The maximum atomic E-state index is 6.29. The highest BCUT2D eigenvalue weighted by Gasteiger charge is 2.22. The minimum absolute atomic E-state index is 0.187. The summed E-state index contributed by atoms with van der Waals surface area (Å²) in [4.78, 5) is 3.76. The minimum atomic E-state index is 0.187. The SMILES string of the molecule is Cc1ccsc1C(N)CC1CNCCN1C. The molecule has 2 rings (SSSR count). The van der Waals surface area contributed by atoms with E-state index in [0.29, 0.717) is 6.04 Å². The summed E-state index contributed by atoms with van der Waals surface area (Å²) in [5.74, 6) is 0. The number of rotatable bonds is 3. The molecule has 1 fully saturated rings. The molecule has 0 saturated carbocycles. The van der Waals surface area contributed by atoms with Gasteiger partial charge in [-0.2, -0.15) is 0 Å². The Labute approximate surface area is 102 Å². The maximum Gasteiger partial charge on any atom is 0.0407 e. The van der Waals surface area contributed by atoms with Crippen LogP contribution in [0.25, 0.3) is 0 Å². The number of likely N-dealkylation sites (N-methyl/N-ethyl adjacent to an activating group) is 1. The van der Waals surface area contributed by atoms with Crippen molar-refractivity contribution in [3.63, 3.8) is 0 Å². The summed E-state index contributed by atoms with van der Waals surface area (Å²) < 4.78 is 0. The van der Waals surface area contributed by atoms with Gasteiger partial charge in [-0.05, 0) is 37.4 Å². The van der Waals surface area contributed by atoms with Crippen LogP contribution in [0.5, 0.6) is 0 Å². The zero-order valence-corrected chi connectivity index (χ0v) is 10.9. The highest BCUT2D eigenvalue weighted by atomic mass is 32.1. The summed E-state index contributed by atoms with van der Waals surface area (Å²) in [5.41, 5.74) is 7.63. The first-order valence-corrected chi connectivity index (χ1v) is 6.77. The number of thiophene rings is 1. The Bertz CT molecular complexity index is 337. The van der Waals surface area contributed by atoms with Crippen molar-refractivity contribution in [2.75, 3.05) is 26.7 Å². The molecule has 0 aromatic carbocycles. The Kier molecular flexibility index (Phi) is 3.97. The monoisotopic (exact) mass is 239 g/mol. The van der Waals surface area contributed by atoms with Crippen LogP contribution in [0, 0.1) is 6.92 Å². The average Bonchev–Trinajstić information content (AvgIpc) is 2.68. The molecule has 1 aromatic heterocycles. The van der Waals surface area contributed by atoms with E-state index >= 15 is 0 Å². The van der Waals surface area contributed by atoms with Gasteiger partial charge in [-0.3, -0.25) is 0 Å². The normalized spacial score (nSPS) is 24.6. The molecule has 1 aliphatic rings. The zero-order valence-electron chi connectivity index (χ0n) is 10.1. The number of nitrogens with two attached hydrogens (primary N) is 1. The lowest BCUT2D eigenvalue weighted by molar-refractivity contribution is 0.183. The fourth-order valence-corrected chi connectivity index (χ4v) is 3.23. The molecular weight excluding hydrogens is 218 g/mol. The molecule has 2 atom stereocenters. The van der Waals surface area contributed by atoms with Crippen LogP contribution in [0.15, 0.2) is 11.4 Å². The first-order chi connectivity index (χ1) is 7.68. The van der Waals surface area contributed by atoms with E-state index in [0.717, 1.165) is 26.1 Å². The second-order valence-corrected chi connectivity index (χ2v) is 5.60. The van der Waals surface area contributed by atoms with E-state index in [1.165, 1.54) is 10.4 Å². The molecule has 0 amide bonds. The third kappa shape index (κ3) is 2.63. The van der Waals surface area contributed by atoms with Crippen molar-refractivity contribution < 1.29 is 0 Å². The minimum Gasteiger partial charge on any atom is -0.323 e. The van der Waals surface area contributed by atoms with Crippen LogP contribution in [-0.2, 0) is 0 Å². The van der Waals surface area contributed by atoms with Crippen LogP contribution in [0.4, 0.5) is 0 Å². The van der Waals surface area contributed by atoms with E-state index in [-0.39, 0.29) is 6.04 Å². The number of piperazine rings is 1. The largest absolute Gasteiger partial charge is 0.323 e. The molecule has 4 heteroatoms. The summed E-state index contributed by atoms with van der Waals surface area (Å²) >= 11 is 1.78. The predicted molar refractivity (Wildman–Crippen MR) is 69.9 cm³/mol. The quantitative estimate of drug-likeness (QED) is 0.836. The van der Waals surface area contributed by atoms with Gasteiger partial charge in [0.2, 0.25) is 0 Å². The van der Waals surface area contributed by atoms with Crippen LogP contribution < -0.4 is 11.1 Å². The summed E-state index contributed by atoms with van der Waals surface area (Å²) in [6, 6.07) is 2.92. The van der Waals surface area contributed by atoms with E-state index in [2.05, 4.69) is 35.6 Å². The third-order valence-electron chi connectivity index (χ3n) is 3.41. The summed E-state index contributed by atoms with van der Waals surface area (Å²) in [7, 11) is 2.19. The first kappa shape index (κ1) is 12.0. The lowest BCUT2D eigenvalue weighted by atomic mass is 10.0. The molecule has 0 radical (unpaired) electrons. The van der Waals surface area contributed by atoms with Crippen molar-refractivity contribution in [3.8, 4) is 0 Å². The standard InChI is InChI=1S/C12H21N3S/c1-9-3-6-16-12(9)11(13)7-10-8-14-4-5-15(10)2/h3,6,10-11,14H,4-5,7-8,13H2,1-2H3. The molecular formula is C12H21N3S. The van der Waals surface area contributed by atoms with Gasteiger partial charge in [-0.15, -0.1) is 11.3 Å². The molecule has 0 spiro atoms. The van der Waals surface area contributed by atoms with E-state index in [1.807, 2.05) is 0 Å². The smallest absolute Gasteiger partial charge is 0.0407 e. The number of aryl methyl sites for hydroxylation is 1. The van der Waals surface area contributed by atoms with Crippen LogP contribution in [-0.4, -0.2) is 37.6 Å². The predicted octanol–water partition coefficient (Wildman–Crippen LogP) is 1.35. The highest BCUT2D eigenvalue weighted by Crippen LogP contribution is 2.26. The number of hydrogen-bond acceptors (Lipinski definition) is 4. The van der Waals surface area contributed by atoms with Gasteiger partial charge in [0.25, 0.3) is 0 Å². The molecule has 3 N–H and O–H groups in total. The molecule has 1 aliphatic heterocycles. The van der Waals surface area contributed by atoms with E-state index in [9.17, 15) is 0 Å². The lowest BCUT2D eigenvalue weighted by Crippen LogP contribution is -2.50. The van der Waals surface area contributed by atoms with E-state index in [4.69, 9.17) is 5.73 Å². The second kappa shape index (κ2) is 5.27. The van der Waals surface area contributed by atoms with Crippen LogP contribution >= 0.6 is 11.3 Å². The topological polar surface area (TPSA) is 41.3 Å². The summed E-state index contributed by atoms with van der Waals surface area (Å²) in [5, 5.41) is 5.57. The van der Waals surface area contributed by atoms with Crippen LogP contribution in [0.1, 0.15) is 22.9 Å². The molecule has 2 unspecified atom stereocenters. The van der Waals surface area contributed by atoms with E-state index in [1.54, 1.807) is 11.3 Å². The van der Waals surface area contributed by atoms with E-state index < -0.39 is 0 Å². The van der Waals surface area contributed by atoms with Crippen molar-refractivity contribution in [2.45, 2.75) is 25.4 Å². The fraction of sp³-hybridized carbons (Fsp3) is 0.667. The fourth-order valence-electron chi connectivity index (χ4n) is 2.29. The Morgan fingerprint density at radius 3 is 3.12 bits per heavy atom. The second-order valence-electron chi connectivity index (χ2n) is 4.65. The van der Waals surface area contributed by atoms with Gasteiger partial charge in [0, 0.05) is 36.6 Å². The Morgan fingerprint density at radius 1 is 1.69 bits per heavy atom. The van der Waals surface area contributed by atoms with Gasteiger partial charge >= 0.3 is 0 Å². The molecule has 2 heterocycles. The van der Waals surface area contributed by atoms with Crippen LogP contribution in [0.2, 0.25) is 0 Å². The van der Waals surface area contributed by atoms with Crippen molar-refractivity contribution in [1.29, 1.82) is 0 Å². The summed E-state index contributed by atoms with van der Waals surface area (Å²) in [6.07, 6.45) is 1.05. The maximum absolute atomic E-state index is 6.29. The number of nitrogens with one attached hydrogen (secondary N) is 1. The molecule has 90 valence electrons. The molecule has 0 aliphatic carbocycles. The highest BCUT2D eigenvalue weighted by molar-refractivity contribution is 7.10. The number of nitrogens with zero attached hydrogens (tertiary/aromatic N) is 1. The lowest BCUT2D eigenvalue weighted by Gasteiger charge is -2.34. The van der Waals surface area contributed by atoms with Gasteiger partial charge in [0.15, 0.2) is 0 Å². The number of hydrogen-bond donors (Lipinski definition) is 2. The molecule has 1 aromatic rings. The zero-order chi connectivity index (χ0) is 11.5. The van der Waals surface area contributed by atoms with Crippen LogP contribution in [0.3, 0.4) is 0 Å². The first-order valence-electron chi connectivity index (χ1n) is 5.89. The van der Waals surface area contributed by atoms with Gasteiger partial charge in [-0.25, -0.2) is 0 Å². The van der Waals surface area contributed by atoms with Crippen molar-refractivity contribution in [1.82, 2.24) is 10.2 Å². The molecule has 1 saturated heterocycles. The molecule has 3 nitrogen and oxygen atoms in total. The Hall–Kier alpha value is -0.420. The van der Waals surface area contributed by atoms with Gasteiger partial charge < -0.3 is 16.0 Å². The molecule has 0 bridgehead atoms. The third-order valence-corrected chi connectivity index (χ3v) is 4.56. The van der Waals surface area contributed by atoms with Crippen molar-refractivity contribution in [3.05, 3.63) is 21.9 Å². The van der Waals surface area contributed by atoms with Gasteiger partial charge in [0.05, 0.1) is 0 Å². The molecule has 16 heavy (non-hydrogen) atoms. The summed E-state index contributed by atoms with van der Waals surface area (Å²) in [6.45, 7) is 5.43. The average molecular weight is 239 g/mol.